The summed E-state index contributed by atoms with van der Waals surface area (Å²) in [5.74, 6) is 2.56. The minimum atomic E-state index is 0.439. The Hall–Kier alpha value is -2.18. The summed E-state index contributed by atoms with van der Waals surface area (Å²) in [5.41, 5.74) is 14.1. The SMILES string of the molecule is Nc1cc(N2CCCC(C3NNCC3c3ccccc3)C2)ncn1. The van der Waals surface area contributed by atoms with Crippen LogP contribution in [0.5, 0.6) is 0 Å². The van der Waals surface area contributed by atoms with Gasteiger partial charge in [-0.05, 0) is 24.3 Å². The van der Waals surface area contributed by atoms with E-state index in [0.29, 0.717) is 23.7 Å². The van der Waals surface area contributed by atoms with Crippen LogP contribution >= 0.6 is 0 Å². The molecule has 0 spiro atoms. The number of nitrogens with one attached hydrogen (secondary N) is 2. The van der Waals surface area contributed by atoms with Crippen LogP contribution in [0, 0.1) is 5.92 Å². The lowest BCUT2D eigenvalue weighted by molar-refractivity contribution is 0.304. The number of aromatic nitrogens is 2. The molecule has 3 unspecified atom stereocenters. The van der Waals surface area contributed by atoms with Gasteiger partial charge < -0.3 is 10.6 Å². The number of nitrogens with zero attached hydrogens (tertiary/aromatic N) is 3. The summed E-state index contributed by atoms with van der Waals surface area (Å²) in [6.07, 6.45) is 3.96. The van der Waals surface area contributed by atoms with Crippen LogP contribution in [0.25, 0.3) is 0 Å². The second kappa shape index (κ2) is 6.75. The van der Waals surface area contributed by atoms with Gasteiger partial charge in [0.2, 0.25) is 0 Å². The molecule has 126 valence electrons. The van der Waals surface area contributed by atoms with E-state index in [4.69, 9.17) is 5.73 Å². The van der Waals surface area contributed by atoms with E-state index in [1.54, 1.807) is 6.33 Å². The van der Waals surface area contributed by atoms with E-state index in [9.17, 15) is 0 Å². The molecule has 0 aliphatic carbocycles. The Kier molecular flexibility index (Phi) is 4.32. The van der Waals surface area contributed by atoms with Crippen LogP contribution in [0.4, 0.5) is 11.6 Å². The van der Waals surface area contributed by atoms with Crippen molar-refractivity contribution >= 4 is 11.6 Å². The molecule has 2 aliphatic heterocycles. The van der Waals surface area contributed by atoms with Gasteiger partial charge in [0.15, 0.2) is 0 Å². The van der Waals surface area contributed by atoms with E-state index in [-0.39, 0.29) is 0 Å². The largest absolute Gasteiger partial charge is 0.384 e. The molecule has 0 bridgehead atoms. The minimum absolute atomic E-state index is 0.439. The van der Waals surface area contributed by atoms with Gasteiger partial charge in [-0.25, -0.2) is 9.97 Å². The maximum Gasteiger partial charge on any atom is 0.134 e. The molecule has 3 atom stereocenters. The Morgan fingerprint density at radius 3 is 2.88 bits per heavy atom. The molecule has 4 N–H and O–H groups in total. The molecular formula is C18H24N6. The van der Waals surface area contributed by atoms with Crippen molar-refractivity contribution in [3.63, 3.8) is 0 Å². The van der Waals surface area contributed by atoms with Crippen molar-refractivity contribution in [2.75, 3.05) is 30.3 Å². The topological polar surface area (TPSA) is 79.1 Å². The van der Waals surface area contributed by atoms with Gasteiger partial charge in [0.1, 0.15) is 18.0 Å². The summed E-state index contributed by atoms with van der Waals surface area (Å²) in [6.45, 7) is 3.01. The lowest BCUT2D eigenvalue weighted by atomic mass is 9.81. The molecule has 2 aromatic rings. The molecular weight excluding hydrogens is 300 g/mol. The van der Waals surface area contributed by atoms with Crippen LogP contribution in [0.1, 0.15) is 24.3 Å². The van der Waals surface area contributed by atoms with Crippen molar-refractivity contribution in [1.29, 1.82) is 0 Å². The third-order valence-corrected chi connectivity index (χ3v) is 5.22. The van der Waals surface area contributed by atoms with Crippen molar-refractivity contribution < 1.29 is 0 Å². The fraction of sp³-hybridized carbons (Fsp3) is 0.444. The Morgan fingerprint density at radius 2 is 2.04 bits per heavy atom. The quantitative estimate of drug-likeness (QED) is 0.795. The highest BCUT2D eigenvalue weighted by atomic mass is 15.4. The number of nitrogen functional groups attached to an aromatic ring is 1. The van der Waals surface area contributed by atoms with Crippen molar-refractivity contribution in [2.45, 2.75) is 24.8 Å². The normalized spacial score (nSPS) is 27.3. The van der Waals surface area contributed by atoms with Crippen molar-refractivity contribution in [3.05, 3.63) is 48.3 Å². The molecule has 24 heavy (non-hydrogen) atoms. The number of hydrazine groups is 1. The fourth-order valence-electron chi connectivity index (χ4n) is 4.03. The lowest BCUT2D eigenvalue weighted by Gasteiger charge is -2.38. The maximum absolute atomic E-state index is 5.82. The average molecular weight is 324 g/mol. The highest BCUT2D eigenvalue weighted by Crippen LogP contribution is 2.32. The van der Waals surface area contributed by atoms with Gasteiger partial charge in [0.25, 0.3) is 0 Å². The van der Waals surface area contributed by atoms with E-state index in [1.807, 2.05) is 6.07 Å². The van der Waals surface area contributed by atoms with Crippen molar-refractivity contribution in [2.24, 2.45) is 5.92 Å². The molecule has 2 aliphatic rings. The van der Waals surface area contributed by atoms with Gasteiger partial charge >= 0.3 is 0 Å². The standard InChI is InChI=1S/C18H24N6/c19-16-9-17(21-12-20-16)24-8-4-7-14(11-24)18-15(10-22-23-18)13-5-2-1-3-6-13/h1-3,5-6,9,12,14-15,18,22-23H,4,7-8,10-11H2,(H2,19,20,21). The van der Waals surface area contributed by atoms with E-state index in [2.05, 4.69) is 56.1 Å². The number of nitrogens with two attached hydrogens (primary N) is 1. The first-order valence-electron chi connectivity index (χ1n) is 8.67. The highest BCUT2D eigenvalue weighted by Gasteiger charge is 2.36. The van der Waals surface area contributed by atoms with E-state index in [0.717, 1.165) is 25.5 Å². The average Bonchev–Trinajstić information content (AvgIpc) is 3.12. The molecule has 2 saturated heterocycles. The number of benzene rings is 1. The summed E-state index contributed by atoms with van der Waals surface area (Å²) in [5, 5.41) is 0. The molecule has 1 aromatic heterocycles. The molecule has 0 saturated carbocycles. The number of piperidine rings is 1. The molecule has 6 heteroatoms. The maximum atomic E-state index is 5.82. The van der Waals surface area contributed by atoms with Crippen LogP contribution in [0.15, 0.2) is 42.7 Å². The number of rotatable bonds is 3. The zero-order valence-electron chi connectivity index (χ0n) is 13.7. The predicted molar refractivity (Wildman–Crippen MR) is 95.5 cm³/mol. The van der Waals surface area contributed by atoms with Gasteiger partial charge in [0, 0.05) is 37.7 Å². The van der Waals surface area contributed by atoms with Crippen LogP contribution in [-0.4, -0.2) is 35.6 Å². The van der Waals surface area contributed by atoms with E-state index >= 15 is 0 Å². The minimum Gasteiger partial charge on any atom is -0.384 e. The molecule has 4 rings (SSSR count). The van der Waals surface area contributed by atoms with E-state index in [1.165, 1.54) is 18.4 Å². The van der Waals surface area contributed by atoms with Crippen molar-refractivity contribution in [1.82, 2.24) is 20.8 Å². The summed E-state index contributed by atoms with van der Waals surface area (Å²) in [4.78, 5) is 10.7. The van der Waals surface area contributed by atoms with Crippen LogP contribution < -0.4 is 21.5 Å². The number of hydrogen-bond acceptors (Lipinski definition) is 6. The van der Waals surface area contributed by atoms with Gasteiger partial charge in [-0.1, -0.05) is 30.3 Å². The Bertz CT molecular complexity index is 676. The van der Waals surface area contributed by atoms with E-state index < -0.39 is 0 Å². The first kappa shape index (κ1) is 15.4. The summed E-state index contributed by atoms with van der Waals surface area (Å²) < 4.78 is 0. The molecule has 6 nitrogen and oxygen atoms in total. The van der Waals surface area contributed by atoms with Gasteiger partial charge in [-0.15, -0.1) is 0 Å². The first-order valence-corrected chi connectivity index (χ1v) is 8.67. The van der Waals surface area contributed by atoms with Gasteiger partial charge in [0.05, 0.1) is 0 Å². The zero-order valence-corrected chi connectivity index (χ0v) is 13.7. The van der Waals surface area contributed by atoms with Gasteiger partial charge in [-0.2, -0.15) is 0 Å². The third-order valence-electron chi connectivity index (χ3n) is 5.22. The Morgan fingerprint density at radius 1 is 1.17 bits per heavy atom. The molecule has 0 radical (unpaired) electrons. The van der Waals surface area contributed by atoms with Gasteiger partial charge in [-0.3, -0.25) is 10.9 Å². The first-order chi connectivity index (χ1) is 11.8. The lowest BCUT2D eigenvalue weighted by Crippen LogP contribution is -2.46. The number of anilines is 2. The Balaban J connectivity index is 1.51. The highest BCUT2D eigenvalue weighted by molar-refractivity contribution is 5.46. The van der Waals surface area contributed by atoms with Crippen molar-refractivity contribution in [3.8, 4) is 0 Å². The monoisotopic (exact) mass is 324 g/mol. The smallest absolute Gasteiger partial charge is 0.134 e. The zero-order chi connectivity index (χ0) is 16.4. The third kappa shape index (κ3) is 3.07. The summed E-state index contributed by atoms with van der Waals surface area (Å²) in [7, 11) is 0. The number of hydrogen-bond donors (Lipinski definition) is 3. The fourth-order valence-corrected chi connectivity index (χ4v) is 4.03. The summed E-state index contributed by atoms with van der Waals surface area (Å²) >= 11 is 0. The second-order valence-corrected chi connectivity index (χ2v) is 6.72. The summed E-state index contributed by atoms with van der Waals surface area (Å²) in [6, 6.07) is 13.1. The molecule has 1 aromatic carbocycles. The van der Waals surface area contributed by atoms with Crippen LogP contribution in [0.2, 0.25) is 0 Å². The predicted octanol–water partition coefficient (Wildman–Crippen LogP) is 1.54. The Labute approximate surface area is 142 Å². The van der Waals surface area contributed by atoms with Crippen LogP contribution in [-0.2, 0) is 0 Å². The molecule has 3 heterocycles. The second-order valence-electron chi connectivity index (χ2n) is 6.72. The molecule has 2 fully saturated rings. The molecule has 0 amide bonds. The van der Waals surface area contributed by atoms with Crippen LogP contribution in [0.3, 0.4) is 0 Å².